The van der Waals surface area contributed by atoms with Gasteiger partial charge in [-0.15, -0.1) is 0 Å². The standard InChI is InChI=1S/C16H11NO4/c18-15(10-6-2-1-3-7-10)17-13-11-8-4-5-9-12(11)21-14(13)16(19)20/h1-9H,(H,17,18)(H,19,20). The van der Waals surface area contributed by atoms with Crippen LogP contribution in [0.25, 0.3) is 11.0 Å². The highest BCUT2D eigenvalue weighted by Gasteiger charge is 2.21. The van der Waals surface area contributed by atoms with Crippen molar-refractivity contribution in [2.75, 3.05) is 5.32 Å². The lowest BCUT2D eigenvalue weighted by Gasteiger charge is -2.04. The van der Waals surface area contributed by atoms with Crippen molar-refractivity contribution in [3.63, 3.8) is 0 Å². The van der Waals surface area contributed by atoms with Gasteiger partial charge in [-0.05, 0) is 24.3 Å². The summed E-state index contributed by atoms with van der Waals surface area (Å²) in [4.78, 5) is 23.4. The van der Waals surface area contributed by atoms with Gasteiger partial charge in [0.25, 0.3) is 5.91 Å². The Morgan fingerprint density at radius 1 is 0.952 bits per heavy atom. The zero-order valence-electron chi connectivity index (χ0n) is 10.9. The predicted octanol–water partition coefficient (Wildman–Crippen LogP) is 3.38. The van der Waals surface area contributed by atoms with Crippen molar-refractivity contribution in [2.24, 2.45) is 0 Å². The summed E-state index contributed by atoms with van der Waals surface area (Å²) >= 11 is 0. The Bertz CT molecular complexity index is 821. The summed E-state index contributed by atoms with van der Waals surface area (Å²) in [6.45, 7) is 0. The SMILES string of the molecule is O=C(Nc1c(C(=O)O)oc2ccccc12)c1ccccc1. The first-order valence-electron chi connectivity index (χ1n) is 6.28. The number of furan rings is 1. The molecule has 0 fully saturated rings. The second-order valence-electron chi connectivity index (χ2n) is 4.43. The van der Waals surface area contributed by atoms with E-state index >= 15 is 0 Å². The molecule has 0 bridgehead atoms. The van der Waals surface area contributed by atoms with Crippen molar-refractivity contribution < 1.29 is 19.1 Å². The third kappa shape index (κ3) is 2.36. The van der Waals surface area contributed by atoms with E-state index in [4.69, 9.17) is 4.42 Å². The molecule has 0 aliphatic rings. The van der Waals surface area contributed by atoms with Gasteiger partial charge in [-0.1, -0.05) is 30.3 Å². The average Bonchev–Trinajstić information content (AvgIpc) is 2.87. The Kier molecular flexibility index (Phi) is 3.16. The van der Waals surface area contributed by atoms with Crippen LogP contribution in [0.2, 0.25) is 0 Å². The lowest BCUT2D eigenvalue weighted by Crippen LogP contribution is -2.13. The van der Waals surface area contributed by atoms with Crippen LogP contribution in [0.15, 0.2) is 59.0 Å². The molecule has 3 aromatic rings. The first kappa shape index (κ1) is 12.9. The number of anilines is 1. The predicted molar refractivity (Wildman–Crippen MR) is 77.6 cm³/mol. The van der Waals surface area contributed by atoms with Gasteiger partial charge >= 0.3 is 5.97 Å². The van der Waals surface area contributed by atoms with E-state index in [0.29, 0.717) is 16.5 Å². The van der Waals surface area contributed by atoms with Crippen LogP contribution < -0.4 is 5.32 Å². The van der Waals surface area contributed by atoms with Gasteiger partial charge < -0.3 is 14.8 Å². The maximum Gasteiger partial charge on any atom is 0.374 e. The number of carboxylic acids is 1. The molecule has 2 aromatic carbocycles. The van der Waals surface area contributed by atoms with Gasteiger partial charge in [0.1, 0.15) is 11.3 Å². The van der Waals surface area contributed by atoms with Crippen LogP contribution in [0, 0.1) is 0 Å². The zero-order chi connectivity index (χ0) is 14.8. The highest BCUT2D eigenvalue weighted by atomic mass is 16.4. The van der Waals surface area contributed by atoms with Crippen molar-refractivity contribution in [3.8, 4) is 0 Å². The number of hydrogen-bond donors (Lipinski definition) is 2. The largest absolute Gasteiger partial charge is 0.475 e. The molecule has 0 saturated heterocycles. The summed E-state index contributed by atoms with van der Waals surface area (Å²) in [7, 11) is 0. The highest BCUT2D eigenvalue weighted by Crippen LogP contribution is 2.31. The van der Waals surface area contributed by atoms with Crippen molar-refractivity contribution in [3.05, 3.63) is 65.9 Å². The molecule has 5 heteroatoms. The van der Waals surface area contributed by atoms with Crippen LogP contribution in [0.3, 0.4) is 0 Å². The van der Waals surface area contributed by atoms with Crippen molar-refractivity contribution >= 4 is 28.5 Å². The van der Waals surface area contributed by atoms with E-state index in [1.54, 1.807) is 54.6 Å². The molecule has 21 heavy (non-hydrogen) atoms. The molecule has 0 saturated carbocycles. The van der Waals surface area contributed by atoms with Crippen LogP contribution in [0.1, 0.15) is 20.9 Å². The van der Waals surface area contributed by atoms with Crippen molar-refractivity contribution in [1.29, 1.82) is 0 Å². The van der Waals surface area contributed by atoms with Crippen LogP contribution in [0.5, 0.6) is 0 Å². The second kappa shape index (κ2) is 5.13. The summed E-state index contributed by atoms with van der Waals surface area (Å²) in [5.74, 6) is -1.89. The van der Waals surface area contributed by atoms with E-state index in [1.165, 1.54) is 0 Å². The van der Waals surface area contributed by atoms with Gasteiger partial charge in [0.05, 0.1) is 0 Å². The molecule has 0 spiro atoms. The minimum absolute atomic E-state index is 0.173. The van der Waals surface area contributed by atoms with Crippen LogP contribution in [0.4, 0.5) is 5.69 Å². The second-order valence-corrected chi connectivity index (χ2v) is 4.43. The minimum Gasteiger partial charge on any atom is -0.475 e. The van der Waals surface area contributed by atoms with Gasteiger partial charge in [0.15, 0.2) is 0 Å². The number of amides is 1. The number of carboxylic acid groups (broad SMARTS) is 1. The molecule has 0 aliphatic heterocycles. The van der Waals surface area contributed by atoms with Gasteiger partial charge in [-0.3, -0.25) is 4.79 Å². The lowest BCUT2D eigenvalue weighted by atomic mass is 10.2. The van der Waals surface area contributed by atoms with Crippen molar-refractivity contribution in [1.82, 2.24) is 0 Å². The first-order valence-corrected chi connectivity index (χ1v) is 6.28. The molecule has 1 aromatic heterocycles. The summed E-state index contributed by atoms with van der Waals surface area (Å²) < 4.78 is 5.28. The Balaban J connectivity index is 2.05. The molecule has 0 radical (unpaired) electrons. The summed E-state index contributed by atoms with van der Waals surface area (Å²) in [5.41, 5.74) is 1.03. The average molecular weight is 281 g/mol. The Morgan fingerprint density at radius 2 is 1.62 bits per heavy atom. The minimum atomic E-state index is -1.23. The number of hydrogen-bond acceptors (Lipinski definition) is 3. The lowest BCUT2D eigenvalue weighted by molar-refractivity contribution is 0.0666. The molecule has 1 amide bonds. The maximum atomic E-state index is 12.2. The first-order chi connectivity index (χ1) is 10.2. The summed E-state index contributed by atoms with van der Waals surface area (Å²) in [6.07, 6.45) is 0. The van der Waals surface area contributed by atoms with Gasteiger partial charge in [0.2, 0.25) is 5.76 Å². The summed E-state index contributed by atoms with van der Waals surface area (Å²) in [5, 5.41) is 12.4. The van der Waals surface area contributed by atoms with Gasteiger partial charge in [0, 0.05) is 10.9 Å². The Hall–Kier alpha value is -3.08. The molecule has 104 valence electrons. The van der Waals surface area contributed by atoms with Crippen LogP contribution in [-0.4, -0.2) is 17.0 Å². The van der Waals surface area contributed by atoms with E-state index in [1.807, 2.05) is 0 Å². The normalized spacial score (nSPS) is 10.5. The molecule has 0 aliphatic carbocycles. The van der Waals surface area contributed by atoms with E-state index in [0.717, 1.165) is 0 Å². The van der Waals surface area contributed by atoms with Gasteiger partial charge in [-0.25, -0.2) is 4.79 Å². The number of nitrogens with one attached hydrogen (secondary N) is 1. The number of carbonyl (C=O) groups is 2. The smallest absolute Gasteiger partial charge is 0.374 e. The number of rotatable bonds is 3. The molecular formula is C16H11NO4. The van der Waals surface area contributed by atoms with E-state index in [9.17, 15) is 14.7 Å². The molecule has 1 heterocycles. The van der Waals surface area contributed by atoms with E-state index in [-0.39, 0.29) is 17.4 Å². The van der Waals surface area contributed by atoms with Crippen molar-refractivity contribution in [2.45, 2.75) is 0 Å². The highest BCUT2D eigenvalue weighted by molar-refractivity contribution is 6.13. The molecule has 5 nitrogen and oxygen atoms in total. The summed E-state index contributed by atoms with van der Waals surface area (Å²) in [6, 6.07) is 15.4. The fourth-order valence-electron chi connectivity index (χ4n) is 2.10. The molecule has 0 unspecified atom stereocenters. The molecule has 3 rings (SSSR count). The monoisotopic (exact) mass is 281 g/mol. The molecule has 2 N–H and O–H groups in total. The zero-order valence-corrected chi connectivity index (χ0v) is 10.9. The number of para-hydroxylation sites is 1. The maximum absolute atomic E-state index is 12.2. The third-order valence-corrected chi connectivity index (χ3v) is 3.06. The van der Waals surface area contributed by atoms with Crippen LogP contribution >= 0.6 is 0 Å². The number of benzene rings is 2. The topological polar surface area (TPSA) is 79.5 Å². The molecule has 0 atom stereocenters. The Labute approximate surface area is 119 Å². The Morgan fingerprint density at radius 3 is 2.33 bits per heavy atom. The third-order valence-electron chi connectivity index (χ3n) is 3.06. The fraction of sp³-hybridized carbons (Fsp3) is 0. The van der Waals surface area contributed by atoms with Gasteiger partial charge in [-0.2, -0.15) is 0 Å². The number of carbonyl (C=O) groups excluding carboxylic acids is 1. The van der Waals surface area contributed by atoms with E-state index < -0.39 is 5.97 Å². The number of fused-ring (bicyclic) bond motifs is 1. The number of aromatic carboxylic acids is 1. The fourth-order valence-corrected chi connectivity index (χ4v) is 2.10. The molecular weight excluding hydrogens is 270 g/mol. The quantitative estimate of drug-likeness (QED) is 0.771. The van der Waals surface area contributed by atoms with Crippen LogP contribution in [-0.2, 0) is 0 Å². The van der Waals surface area contributed by atoms with E-state index in [2.05, 4.69) is 5.32 Å².